The Kier molecular flexibility index (Phi) is 5.51. The van der Waals surface area contributed by atoms with Crippen molar-refractivity contribution in [2.24, 2.45) is 4.99 Å². The smallest absolute Gasteiger partial charge is 0.255 e. The number of benzene rings is 3. The molecule has 4 aromatic rings. The molecule has 1 aliphatic heterocycles. The van der Waals surface area contributed by atoms with Crippen molar-refractivity contribution in [3.05, 3.63) is 96.3 Å². The zero-order valence-electron chi connectivity index (χ0n) is 18.1. The maximum absolute atomic E-state index is 12.9. The van der Waals surface area contributed by atoms with Crippen molar-refractivity contribution in [1.82, 2.24) is 9.97 Å². The highest BCUT2D eigenvalue weighted by atomic mass is 16.1. The van der Waals surface area contributed by atoms with Crippen LogP contribution < -0.4 is 15.5 Å². The van der Waals surface area contributed by atoms with Crippen LogP contribution in [0.4, 0.5) is 23.1 Å². The van der Waals surface area contributed by atoms with Crippen LogP contribution in [0.5, 0.6) is 0 Å². The van der Waals surface area contributed by atoms with Crippen molar-refractivity contribution in [3.8, 4) is 0 Å². The zero-order chi connectivity index (χ0) is 22.6. The van der Waals surface area contributed by atoms with Gasteiger partial charge in [0, 0.05) is 35.5 Å². The van der Waals surface area contributed by atoms with Gasteiger partial charge < -0.3 is 15.5 Å². The minimum Gasteiger partial charge on any atom is -0.324 e. The number of nitrogens with one attached hydrogen (secondary N) is 2. The summed E-state index contributed by atoms with van der Waals surface area (Å²) in [6.07, 6.45) is 7.26. The summed E-state index contributed by atoms with van der Waals surface area (Å²) < 4.78 is 0. The highest BCUT2D eigenvalue weighted by Gasteiger charge is 2.11. The molecule has 162 valence electrons. The van der Waals surface area contributed by atoms with Crippen molar-refractivity contribution >= 4 is 46.0 Å². The van der Waals surface area contributed by atoms with Gasteiger partial charge in [0.05, 0.1) is 0 Å². The van der Waals surface area contributed by atoms with Crippen LogP contribution in [-0.2, 0) is 0 Å². The topological polar surface area (TPSA) is 82.5 Å². The van der Waals surface area contributed by atoms with Gasteiger partial charge in [-0.25, -0.2) is 4.98 Å². The Morgan fingerprint density at radius 3 is 2.73 bits per heavy atom. The third-order valence-electron chi connectivity index (χ3n) is 5.38. The molecule has 1 aromatic heterocycles. The number of aromatic nitrogens is 2. The van der Waals surface area contributed by atoms with Crippen LogP contribution in [0.3, 0.4) is 0 Å². The molecule has 0 aliphatic carbocycles. The van der Waals surface area contributed by atoms with Crippen molar-refractivity contribution in [3.63, 3.8) is 0 Å². The average Bonchev–Trinajstić information content (AvgIpc) is 2.86. The Balaban J connectivity index is 1.34. The van der Waals surface area contributed by atoms with Gasteiger partial charge >= 0.3 is 0 Å². The fraction of sp³-hybridized carbons (Fsp3) is 0.0769. The highest BCUT2D eigenvalue weighted by Crippen LogP contribution is 2.25. The van der Waals surface area contributed by atoms with E-state index in [1.807, 2.05) is 90.8 Å². The van der Waals surface area contributed by atoms with Gasteiger partial charge in [-0.05, 0) is 59.7 Å². The summed E-state index contributed by atoms with van der Waals surface area (Å²) in [5.41, 5.74) is 3.12. The van der Waals surface area contributed by atoms with E-state index >= 15 is 0 Å². The lowest BCUT2D eigenvalue weighted by molar-refractivity contribution is 0.102. The first-order valence-electron chi connectivity index (χ1n) is 10.6. The van der Waals surface area contributed by atoms with E-state index in [-0.39, 0.29) is 5.91 Å². The van der Waals surface area contributed by atoms with Crippen LogP contribution in [0.25, 0.3) is 10.8 Å². The van der Waals surface area contributed by atoms with Crippen LogP contribution in [0.15, 0.2) is 90.2 Å². The minimum absolute atomic E-state index is 0.161. The number of carbonyl (C=O) groups excluding carboxylic acids is 1. The van der Waals surface area contributed by atoms with Crippen LogP contribution >= 0.6 is 0 Å². The van der Waals surface area contributed by atoms with E-state index in [0.717, 1.165) is 27.8 Å². The molecule has 0 saturated carbocycles. The fourth-order valence-corrected chi connectivity index (χ4v) is 3.59. The van der Waals surface area contributed by atoms with Crippen LogP contribution in [0.1, 0.15) is 15.9 Å². The van der Waals surface area contributed by atoms with E-state index in [9.17, 15) is 4.79 Å². The minimum atomic E-state index is -0.161. The summed E-state index contributed by atoms with van der Waals surface area (Å²) >= 11 is 0. The van der Waals surface area contributed by atoms with Crippen LogP contribution in [0.2, 0.25) is 0 Å². The van der Waals surface area contributed by atoms with Gasteiger partial charge in [0.1, 0.15) is 12.5 Å². The van der Waals surface area contributed by atoms with Gasteiger partial charge in [-0.1, -0.05) is 36.4 Å². The van der Waals surface area contributed by atoms with Crippen molar-refractivity contribution < 1.29 is 4.79 Å². The van der Waals surface area contributed by atoms with Gasteiger partial charge in [-0.15, -0.1) is 0 Å². The molecule has 1 aliphatic rings. The number of hydrogen-bond donors (Lipinski definition) is 2. The Morgan fingerprint density at radius 2 is 1.88 bits per heavy atom. The number of aryl methyl sites for hydroxylation is 1. The molecule has 5 rings (SSSR count). The molecule has 0 saturated heterocycles. The number of allylic oxidation sites excluding steroid dienone is 1. The Hall–Kier alpha value is -4.52. The van der Waals surface area contributed by atoms with E-state index < -0.39 is 0 Å². The predicted octanol–water partition coefficient (Wildman–Crippen LogP) is 5.30. The molecule has 33 heavy (non-hydrogen) atoms. The second kappa shape index (κ2) is 8.92. The molecule has 0 radical (unpaired) electrons. The van der Waals surface area contributed by atoms with Crippen molar-refractivity contribution in [2.45, 2.75) is 6.92 Å². The molecule has 0 unspecified atom stereocenters. The zero-order valence-corrected chi connectivity index (χ0v) is 18.1. The first-order chi connectivity index (χ1) is 16.2. The van der Waals surface area contributed by atoms with Gasteiger partial charge in [-0.2, -0.15) is 4.98 Å². The third kappa shape index (κ3) is 4.57. The van der Waals surface area contributed by atoms with E-state index in [1.165, 1.54) is 0 Å². The van der Waals surface area contributed by atoms with Crippen LogP contribution in [0, 0.1) is 6.92 Å². The standard InChI is InChI=1S/C26H22N6O/c1-18-7-10-22(29-25(33)21-9-8-19-5-2-3-6-20(19)15-21)16-23(18)30-26-28-13-11-24(31-26)32-14-4-12-27-17-32/h2-16H,17H2,1H3,(H,29,33)(H,28,30,31). The number of amides is 1. The third-order valence-corrected chi connectivity index (χ3v) is 5.38. The molecule has 7 nitrogen and oxygen atoms in total. The monoisotopic (exact) mass is 434 g/mol. The van der Waals surface area contributed by atoms with E-state index in [4.69, 9.17) is 0 Å². The van der Waals surface area contributed by atoms with Gasteiger partial charge in [0.15, 0.2) is 0 Å². The summed E-state index contributed by atoms with van der Waals surface area (Å²) in [6, 6.07) is 21.2. The predicted molar refractivity (Wildman–Crippen MR) is 133 cm³/mol. The number of carbonyl (C=O) groups is 1. The molecule has 3 aromatic carbocycles. The summed E-state index contributed by atoms with van der Waals surface area (Å²) in [4.78, 5) is 27.9. The number of nitrogens with zero attached hydrogens (tertiary/aromatic N) is 4. The first kappa shape index (κ1) is 20.4. The molecule has 0 spiro atoms. The van der Waals surface area contributed by atoms with E-state index in [2.05, 4.69) is 25.6 Å². The number of hydrogen-bond acceptors (Lipinski definition) is 6. The summed E-state index contributed by atoms with van der Waals surface area (Å²) in [6.45, 7) is 2.51. The lowest BCUT2D eigenvalue weighted by Crippen LogP contribution is -2.20. The molecule has 2 N–H and O–H groups in total. The second-order valence-corrected chi connectivity index (χ2v) is 7.69. The summed E-state index contributed by atoms with van der Waals surface area (Å²) in [5, 5.41) is 8.39. The highest BCUT2D eigenvalue weighted by molar-refractivity contribution is 6.06. The molecule has 2 heterocycles. The number of fused-ring (bicyclic) bond motifs is 1. The fourth-order valence-electron chi connectivity index (χ4n) is 3.59. The van der Waals surface area contributed by atoms with Gasteiger partial charge in [0.25, 0.3) is 5.91 Å². The number of anilines is 4. The largest absolute Gasteiger partial charge is 0.324 e. The second-order valence-electron chi connectivity index (χ2n) is 7.69. The molecule has 0 atom stereocenters. The molecule has 0 fully saturated rings. The Morgan fingerprint density at radius 1 is 1.00 bits per heavy atom. The lowest BCUT2D eigenvalue weighted by atomic mass is 10.1. The van der Waals surface area contributed by atoms with Crippen LogP contribution in [-0.4, -0.2) is 28.8 Å². The molecule has 0 bridgehead atoms. The van der Waals surface area contributed by atoms with E-state index in [1.54, 1.807) is 12.4 Å². The first-order valence-corrected chi connectivity index (χ1v) is 10.6. The number of aliphatic imine (C=N–C) groups is 1. The Bertz CT molecular complexity index is 1390. The maximum atomic E-state index is 12.9. The van der Waals surface area contributed by atoms with Crippen molar-refractivity contribution in [2.75, 3.05) is 22.2 Å². The Labute approximate surface area is 191 Å². The lowest BCUT2D eigenvalue weighted by Gasteiger charge is -2.19. The summed E-state index contributed by atoms with van der Waals surface area (Å²) in [5.74, 6) is 1.06. The maximum Gasteiger partial charge on any atom is 0.255 e. The van der Waals surface area contributed by atoms with Gasteiger partial charge in [0.2, 0.25) is 5.95 Å². The quantitative estimate of drug-likeness (QED) is 0.446. The van der Waals surface area contributed by atoms with Gasteiger partial charge in [-0.3, -0.25) is 9.79 Å². The number of rotatable bonds is 5. The molecular formula is C26H22N6O. The van der Waals surface area contributed by atoms with Crippen molar-refractivity contribution in [1.29, 1.82) is 0 Å². The molecule has 1 amide bonds. The normalized spacial score (nSPS) is 12.7. The SMILES string of the molecule is Cc1ccc(NC(=O)c2ccc3ccccc3c2)cc1Nc1nccc(N2C=CC=NC2)n1. The molecule has 7 heteroatoms. The summed E-state index contributed by atoms with van der Waals surface area (Å²) in [7, 11) is 0. The molecular weight excluding hydrogens is 412 g/mol. The van der Waals surface area contributed by atoms with E-state index in [0.29, 0.717) is 23.9 Å². The average molecular weight is 435 g/mol.